The highest BCUT2D eigenvalue weighted by Crippen LogP contribution is 2.47. The van der Waals surface area contributed by atoms with E-state index in [0.717, 1.165) is 17.1 Å². The number of anilines is 3. The molecule has 0 bridgehead atoms. The zero-order valence-electron chi connectivity index (χ0n) is 34.3. The van der Waals surface area contributed by atoms with E-state index >= 15 is 0 Å². The molecular weight excluding hydrogens is 699 g/mol. The second-order valence-electron chi connectivity index (χ2n) is 18.0. The minimum Gasteiger partial charge on any atom is -0.311 e. The monoisotopic (exact) mass is 747 g/mol. The molecule has 0 saturated heterocycles. The number of rotatable bonds is 7. The van der Waals surface area contributed by atoms with Gasteiger partial charge in [0.05, 0.1) is 0 Å². The molecular formula is C57H49N. The molecule has 0 heterocycles. The number of benzene rings is 7. The summed E-state index contributed by atoms with van der Waals surface area (Å²) in [5.41, 5.74) is 21.7. The van der Waals surface area contributed by atoms with Crippen LogP contribution in [0.15, 0.2) is 188 Å². The summed E-state index contributed by atoms with van der Waals surface area (Å²) >= 11 is 0. The SMILES string of the molecule is CC1(C)C=C(c2ccc(-c3ccc(N(c4ccc(C5=CC(C)(C)c6ccccc65)cc4)c4ccc(C5=CC(C)(C)c6ccccc65)cc4)cc3)cc2)c2ccccc21. The van der Waals surface area contributed by atoms with Crippen LogP contribution in [-0.4, -0.2) is 0 Å². The Bertz CT molecular complexity index is 2690. The van der Waals surface area contributed by atoms with Crippen molar-refractivity contribution in [1.29, 1.82) is 0 Å². The Morgan fingerprint density at radius 1 is 0.276 bits per heavy atom. The molecule has 0 aromatic heterocycles. The lowest BCUT2D eigenvalue weighted by Crippen LogP contribution is -2.10. The number of nitrogens with zero attached hydrogens (tertiary/aromatic N) is 1. The molecule has 7 aromatic rings. The first-order valence-corrected chi connectivity index (χ1v) is 20.7. The largest absolute Gasteiger partial charge is 0.311 e. The quantitative estimate of drug-likeness (QED) is 0.157. The number of hydrogen-bond acceptors (Lipinski definition) is 1. The maximum absolute atomic E-state index is 2.43. The second-order valence-corrected chi connectivity index (χ2v) is 18.0. The first-order chi connectivity index (χ1) is 28.0. The van der Waals surface area contributed by atoms with Crippen LogP contribution in [-0.2, 0) is 16.2 Å². The van der Waals surface area contributed by atoms with Gasteiger partial charge in [0, 0.05) is 33.3 Å². The fourth-order valence-electron chi connectivity index (χ4n) is 9.78. The molecule has 0 amide bonds. The van der Waals surface area contributed by atoms with E-state index in [1.165, 1.54) is 77.9 Å². The van der Waals surface area contributed by atoms with Crippen molar-refractivity contribution in [3.05, 3.63) is 238 Å². The number of fused-ring (bicyclic) bond motifs is 3. The summed E-state index contributed by atoms with van der Waals surface area (Å²) in [4.78, 5) is 2.38. The minimum absolute atomic E-state index is 0.00105. The molecule has 10 rings (SSSR count). The first-order valence-electron chi connectivity index (χ1n) is 20.7. The van der Waals surface area contributed by atoms with Gasteiger partial charge in [-0.25, -0.2) is 0 Å². The molecule has 3 aliphatic rings. The fourth-order valence-corrected chi connectivity index (χ4v) is 9.78. The van der Waals surface area contributed by atoms with Crippen molar-refractivity contribution in [1.82, 2.24) is 0 Å². The lowest BCUT2D eigenvalue weighted by atomic mass is 9.87. The van der Waals surface area contributed by atoms with Gasteiger partial charge in [-0.1, -0.05) is 193 Å². The number of allylic oxidation sites excluding steroid dienone is 3. The van der Waals surface area contributed by atoms with Gasteiger partial charge in [-0.15, -0.1) is 0 Å². The summed E-state index contributed by atoms with van der Waals surface area (Å²) in [6.07, 6.45) is 7.27. The van der Waals surface area contributed by atoms with Crippen LogP contribution < -0.4 is 4.90 Å². The summed E-state index contributed by atoms with van der Waals surface area (Å²) < 4.78 is 0. The smallest absolute Gasteiger partial charge is 0.0462 e. The summed E-state index contributed by atoms with van der Waals surface area (Å²) in [6.45, 7) is 13.9. The molecule has 1 heteroatoms. The van der Waals surface area contributed by atoms with Crippen molar-refractivity contribution in [3.8, 4) is 11.1 Å². The summed E-state index contributed by atoms with van der Waals surface area (Å²) in [5, 5.41) is 0. The van der Waals surface area contributed by atoms with Crippen molar-refractivity contribution in [2.75, 3.05) is 4.90 Å². The van der Waals surface area contributed by atoms with E-state index in [-0.39, 0.29) is 16.2 Å². The van der Waals surface area contributed by atoms with Crippen molar-refractivity contribution in [2.45, 2.75) is 57.8 Å². The lowest BCUT2D eigenvalue weighted by Gasteiger charge is -2.26. The van der Waals surface area contributed by atoms with Crippen LogP contribution in [0.4, 0.5) is 17.1 Å². The zero-order valence-corrected chi connectivity index (χ0v) is 34.3. The Labute approximate surface area is 344 Å². The summed E-state index contributed by atoms with van der Waals surface area (Å²) in [6, 6.07) is 62.9. The Kier molecular flexibility index (Phi) is 8.25. The van der Waals surface area contributed by atoms with Crippen LogP contribution in [0.2, 0.25) is 0 Å². The van der Waals surface area contributed by atoms with E-state index in [1.807, 2.05) is 0 Å². The topological polar surface area (TPSA) is 3.24 Å². The normalized spacial score (nSPS) is 16.5. The molecule has 0 unspecified atom stereocenters. The van der Waals surface area contributed by atoms with Gasteiger partial charge in [-0.3, -0.25) is 0 Å². The van der Waals surface area contributed by atoms with E-state index in [9.17, 15) is 0 Å². The standard InChI is InChI=1S/C57H49N/c1-55(2)35-49(46-13-7-10-16-52(46)55)40-21-19-38(20-22-40)39-23-29-43(30-24-39)58(44-31-25-41(26-32-44)50-36-56(3,4)53-17-11-8-14-47(50)53)45-33-27-42(28-34-45)51-37-57(5,6)54-18-12-9-15-48(51)54/h7-37H,1-6H3. The van der Waals surface area contributed by atoms with Crippen molar-refractivity contribution >= 4 is 33.8 Å². The third-order valence-electron chi connectivity index (χ3n) is 12.8. The third kappa shape index (κ3) is 6.00. The van der Waals surface area contributed by atoms with Crippen molar-refractivity contribution in [3.63, 3.8) is 0 Å². The molecule has 58 heavy (non-hydrogen) atoms. The van der Waals surface area contributed by atoms with Gasteiger partial charge in [-0.2, -0.15) is 0 Å². The lowest BCUT2D eigenvalue weighted by molar-refractivity contribution is 0.683. The highest BCUT2D eigenvalue weighted by Gasteiger charge is 2.32. The van der Waals surface area contributed by atoms with Crippen LogP contribution in [0.5, 0.6) is 0 Å². The van der Waals surface area contributed by atoms with Crippen LogP contribution in [0.25, 0.3) is 27.8 Å². The van der Waals surface area contributed by atoms with Crippen LogP contribution in [0, 0.1) is 0 Å². The molecule has 7 aromatic carbocycles. The average molecular weight is 748 g/mol. The maximum Gasteiger partial charge on any atom is 0.0462 e. The van der Waals surface area contributed by atoms with Gasteiger partial charge in [0.15, 0.2) is 0 Å². The summed E-state index contributed by atoms with van der Waals surface area (Å²) in [5.74, 6) is 0. The second kappa shape index (κ2) is 13.3. The molecule has 0 spiro atoms. The molecule has 282 valence electrons. The molecule has 3 aliphatic carbocycles. The Morgan fingerprint density at radius 2 is 0.517 bits per heavy atom. The van der Waals surface area contributed by atoms with Crippen LogP contribution in [0.3, 0.4) is 0 Å². The Balaban J connectivity index is 0.990. The Hall–Kier alpha value is -6.44. The van der Waals surface area contributed by atoms with Gasteiger partial charge in [0.2, 0.25) is 0 Å². The van der Waals surface area contributed by atoms with Crippen molar-refractivity contribution < 1.29 is 0 Å². The third-order valence-corrected chi connectivity index (χ3v) is 12.8. The molecule has 0 fully saturated rings. The van der Waals surface area contributed by atoms with Crippen LogP contribution >= 0.6 is 0 Å². The Morgan fingerprint density at radius 3 is 0.828 bits per heavy atom. The van der Waals surface area contributed by atoms with Gasteiger partial charge in [0.1, 0.15) is 0 Å². The van der Waals surface area contributed by atoms with E-state index in [0.29, 0.717) is 0 Å². The molecule has 0 atom stereocenters. The molecule has 0 aliphatic heterocycles. The van der Waals surface area contributed by atoms with Gasteiger partial charge in [-0.05, 0) is 114 Å². The van der Waals surface area contributed by atoms with Crippen molar-refractivity contribution in [2.24, 2.45) is 0 Å². The average Bonchev–Trinajstić information content (AvgIpc) is 3.81. The highest BCUT2D eigenvalue weighted by atomic mass is 15.1. The summed E-state index contributed by atoms with van der Waals surface area (Å²) in [7, 11) is 0. The number of hydrogen-bond donors (Lipinski definition) is 0. The zero-order chi connectivity index (χ0) is 39.8. The molecule has 0 N–H and O–H groups in total. The van der Waals surface area contributed by atoms with Gasteiger partial charge < -0.3 is 4.90 Å². The molecule has 0 saturated carbocycles. The van der Waals surface area contributed by atoms with E-state index in [4.69, 9.17) is 0 Å². The van der Waals surface area contributed by atoms with E-state index in [2.05, 4.69) is 235 Å². The maximum atomic E-state index is 2.43. The van der Waals surface area contributed by atoms with Gasteiger partial charge >= 0.3 is 0 Å². The highest BCUT2D eigenvalue weighted by molar-refractivity contribution is 5.91. The van der Waals surface area contributed by atoms with Gasteiger partial charge in [0.25, 0.3) is 0 Å². The molecule has 0 radical (unpaired) electrons. The van der Waals surface area contributed by atoms with Crippen LogP contribution in [0.1, 0.15) is 91.6 Å². The minimum atomic E-state index is 0.00105. The van der Waals surface area contributed by atoms with E-state index in [1.54, 1.807) is 0 Å². The predicted molar refractivity (Wildman–Crippen MR) is 246 cm³/mol. The molecule has 1 nitrogen and oxygen atoms in total. The first kappa shape index (κ1) is 35.9. The van der Waals surface area contributed by atoms with E-state index < -0.39 is 0 Å². The fraction of sp³-hybridized carbons (Fsp3) is 0.158. The predicted octanol–water partition coefficient (Wildman–Crippen LogP) is 15.0.